The minimum atomic E-state index is 0.562. The summed E-state index contributed by atoms with van der Waals surface area (Å²) in [5.74, 6) is 0. The fourth-order valence-electron chi connectivity index (χ4n) is 0.969. The number of nitrogens with one attached hydrogen (secondary N) is 1. The molecule has 2 nitrogen and oxygen atoms in total. The van der Waals surface area contributed by atoms with Gasteiger partial charge in [-0.05, 0) is 38.1 Å². The zero-order valence-corrected chi connectivity index (χ0v) is 10.6. The average molecular weight is 229 g/mol. The van der Waals surface area contributed by atoms with Crippen molar-refractivity contribution < 1.29 is 0 Å². The fourth-order valence-corrected chi connectivity index (χ4v) is 1.08. The van der Waals surface area contributed by atoms with Crippen LogP contribution in [0.15, 0.2) is 18.3 Å². The quantitative estimate of drug-likeness (QED) is 0.632. The first-order valence-electron chi connectivity index (χ1n) is 5.49. The molecule has 3 heteroatoms. The van der Waals surface area contributed by atoms with Gasteiger partial charge in [-0.15, -0.1) is 0 Å². The summed E-state index contributed by atoms with van der Waals surface area (Å²) in [6.07, 6.45) is 5.41. The van der Waals surface area contributed by atoms with Crippen molar-refractivity contribution in [3.8, 4) is 0 Å². The van der Waals surface area contributed by atoms with Gasteiger partial charge < -0.3 is 5.32 Å². The molecule has 0 aromatic carbocycles. The molecule has 0 fully saturated rings. The van der Waals surface area contributed by atoms with Crippen molar-refractivity contribution in [2.45, 2.75) is 33.1 Å². The average Bonchev–Trinajstić information content (AvgIpc) is 2.28. The number of aryl methyl sites for hydroxylation is 1. The molecule has 0 saturated carbocycles. The Bertz CT molecular complexity index is 230. The van der Waals surface area contributed by atoms with E-state index in [0.29, 0.717) is 5.15 Å². The van der Waals surface area contributed by atoms with Crippen molar-refractivity contribution in [3.63, 3.8) is 0 Å². The summed E-state index contributed by atoms with van der Waals surface area (Å²) in [6.45, 7) is 5.44. The number of unbranched alkanes of at least 4 members (excludes halogenated alkanes) is 1. The van der Waals surface area contributed by atoms with Crippen LogP contribution in [0.4, 0.5) is 0 Å². The van der Waals surface area contributed by atoms with Crippen LogP contribution in [-0.4, -0.2) is 18.6 Å². The van der Waals surface area contributed by atoms with Gasteiger partial charge in [0.25, 0.3) is 0 Å². The second-order valence-electron chi connectivity index (χ2n) is 3.30. The normalized spacial score (nSPS) is 9.33. The molecule has 1 aromatic heterocycles. The first kappa shape index (κ1) is 14.4. The lowest BCUT2D eigenvalue weighted by Gasteiger charge is -1.92. The van der Waals surface area contributed by atoms with Crippen LogP contribution in [0.5, 0.6) is 0 Å². The third kappa shape index (κ3) is 8.40. The summed E-state index contributed by atoms with van der Waals surface area (Å²) in [6, 6.07) is 3.79. The van der Waals surface area contributed by atoms with Crippen LogP contribution < -0.4 is 5.32 Å². The second kappa shape index (κ2) is 9.94. The van der Waals surface area contributed by atoms with E-state index in [4.69, 9.17) is 11.6 Å². The van der Waals surface area contributed by atoms with Gasteiger partial charge in [0.05, 0.1) is 0 Å². The number of hydrogen-bond donors (Lipinski definition) is 1. The van der Waals surface area contributed by atoms with Gasteiger partial charge in [-0.1, -0.05) is 37.9 Å². The van der Waals surface area contributed by atoms with Crippen LogP contribution >= 0.6 is 11.6 Å². The summed E-state index contributed by atoms with van der Waals surface area (Å²) < 4.78 is 0. The SMILES string of the molecule is CCCCNC.CCc1ccc(Cl)nc1. The molecule has 0 radical (unpaired) electrons. The fraction of sp³-hybridized carbons (Fsp3) is 0.583. The predicted octanol–water partition coefficient (Wildman–Crippen LogP) is 3.30. The van der Waals surface area contributed by atoms with E-state index < -0.39 is 0 Å². The van der Waals surface area contributed by atoms with Crippen molar-refractivity contribution in [2.24, 2.45) is 0 Å². The van der Waals surface area contributed by atoms with E-state index in [1.165, 1.54) is 18.4 Å². The summed E-state index contributed by atoms with van der Waals surface area (Å²) in [7, 11) is 1.98. The molecule has 1 aromatic rings. The second-order valence-corrected chi connectivity index (χ2v) is 3.69. The number of aromatic nitrogens is 1. The van der Waals surface area contributed by atoms with Gasteiger partial charge in [0.2, 0.25) is 0 Å². The number of hydrogen-bond acceptors (Lipinski definition) is 2. The topological polar surface area (TPSA) is 24.9 Å². The van der Waals surface area contributed by atoms with Crippen LogP contribution in [-0.2, 0) is 6.42 Å². The van der Waals surface area contributed by atoms with Gasteiger partial charge in [-0.25, -0.2) is 4.98 Å². The minimum Gasteiger partial charge on any atom is -0.320 e. The van der Waals surface area contributed by atoms with Gasteiger partial charge in [0.15, 0.2) is 0 Å². The summed E-state index contributed by atoms with van der Waals surface area (Å²) in [5, 5.41) is 3.63. The maximum absolute atomic E-state index is 5.56. The predicted molar refractivity (Wildman–Crippen MR) is 67.5 cm³/mol. The minimum absolute atomic E-state index is 0.562. The van der Waals surface area contributed by atoms with Crippen LogP contribution in [0, 0.1) is 0 Å². The Kier molecular flexibility index (Phi) is 9.54. The van der Waals surface area contributed by atoms with Crippen molar-refractivity contribution >= 4 is 11.6 Å². The lowest BCUT2D eigenvalue weighted by molar-refractivity contribution is 0.711. The van der Waals surface area contributed by atoms with E-state index in [1.807, 2.05) is 13.1 Å². The molecule has 0 bridgehead atoms. The Labute approximate surface area is 98.1 Å². The number of nitrogens with zero attached hydrogens (tertiary/aromatic N) is 1. The lowest BCUT2D eigenvalue weighted by atomic mass is 10.2. The van der Waals surface area contributed by atoms with Crippen LogP contribution in [0.25, 0.3) is 0 Å². The third-order valence-corrected chi connectivity index (χ3v) is 2.20. The Morgan fingerprint density at radius 1 is 1.33 bits per heavy atom. The molecular formula is C12H21ClN2. The van der Waals surface area contributed by atoms with E-state index in [2.05, 4.69) is 24.1 Å². The first-order chi connectivity index (χ1) is 7.24. The van der Waals surface area contributed by atoms with Crippen LogP contribution in [0.1, 0.15) is 32.3 Å². The van der Waals surface area contributed by atoms with E-state index in [0.717, 1.165) is 13.0 Å². The third-order valence-electron chi connectivity index (χ3n) is 1.98. The highest BCUT2D eigenvalue weighted by molar-refractivity contribution is 6.29. The summed E-state index contributed by atoms with van der Waals surface area (Å²) >= 11 is 5.56. The molecule has 0 aliphatic heterocycles. The molecular weight excluding hydrogens is 208 g/mol. The van der Waals surface area contributed by atoms with Gasteiger partial charge in [0.1, 0.15) is 5.15 Å². The van der Waals surface area contributed by atoms with Crippen molar-refractivity contribution in [1.29, 1.82) is 0 Å². The molecule has 0 aliphatic carbocycles. The van der Waals surface area contributed by atoms with Gasteiger partial charge in [0, 0.05) is 6.20 Å². The Morgan fingerprint density at radius 2 is 2.07 bits per heavy atom. The van der Waals surface area contributed by atoms with Gasteiger partial charge in [-0.2, -0.15) is 0 Å². The molecule has 1 N–H and O–H groups in total. The molecule has 15 heavy (non-hydrogen) atoms. The highest BCUT2D eigenvalue weighted by Gasteiger charge is 1.87. The molecule has 0 unspecified atom stereocenters. The monoisotopic (exact) mass is 228 g/mol. The molecule has 0 atom stereocenters. The van der Waals surface area contributed by atoms with Gasteiger partial charge >= 0.3 is 0 Å². The van der Waals surface area contributed by atoms with Crippen molar-refractivity contribution in [2.75, 3.05) is 13.6 Å². The number of rotatable bonds is 4. The molecule has 86 valence electrons. The van der Waals surface area contributed by atoms with E-state index in [9.17, 15) is 0 Å². The van der Waals surface area contributed by atoms with Crippen molar-refractivity contribution in [1.82, 2.24) is 10.3 Å². The highest BCUT2D eigenvalue weighted by Crippen LogP contribution is 2.04. The van der Waals surface area contributed by atoms with E-state index in [1.54, 1.807) is 12.3 Å². The van der Waals surface area contributed by atoms with E-state index >= 15 is 0 Å². The molecule has 1 rings (SSSR count). The maximum atomic E-state index is 5.56. The zero-order chi connectivity index (χ0) is 11.5. The molecule has 0 spiro atoms. The lowest BCUT2D eigenvalue weighted by Crippen LogP contribution is -2.06. The Hall–Kier alpha value is -0.600. The molecule has 1 heterocycles. The van der Waals surface area contributed by atoms with Gasteiger partial charge in [-0.3, -0.25) is 0 Å². The van der Waals surface area contributed by atoms with Crippen LogP contribution in [0.2, 0.25) is 5.15 Å². The molecule has 0 amide bonds. The number of pyridine rings is 1. The zero-order valence-electron chi connectivity index (χ0n) is 9.89. The Balaban J connectivity index is 0.000000288. The number of halogens is 1. The Morgan fingerprint density at radius 3 is 2.40 bits per heavy atom. The van der Waals surface area contributed by atoms with E-state index in [-0.39, 0.29) is 0 Å². The van der Waals surface area contributed by atoms with Crippen LogP contribution in [0.3, 0.4) is 0 Å². The largest absolute Gasteiger partial charge is 0.320 e. The molecule has 0 saturated heterocycles. The summed E-state index contributed by atoms with van der Waals surface area (Å²) in [5.41, 5.74) is 1.22. The molecule has 0 aliphatic rings. The maximum Gasteiger partial charge on any atom is 0.129 e. The van der Waals surface area contributed by atoms with Crippen molar-refractivity contribution in [3.05, 3.63) is 29.0 Å². The smallest absolute Gasteiger partial charge is 0.129 e. The highest BCUT2D eigenvalue weighted by atomic mass is 35.5. The summed E-state index contributed by atoms with van der Waals surface area (Å²) in [4.78, 5) is 3.92. The first-order valence-corrected chi connectivity index (χ1v) is 5.87. The standard InChI is InChI=1S/C7H8ClN.C5H13N/c1-2-6-3-4-7(8)9-5-6;1-3-4-5-6-2/h3-5H,2H2,1H3;6H,3-5H2,1-2H3.